The number of rotatable bonds is 5. The molecule has 0 unspecified atom stereocenters. The normalized spacial score (nSPS) is 15.3. The first-order valence-corrected chi connectivity index (χ1v) is 12.0. The maximum atomic E-state index is 12.9. The molecule has 1 fully saturated rings. The number of nitro groups is 1. The minimum atomic E-state index is -3.52. The molecule has 0 amide bonds. The van der Waals surface area contributed by atoms with Crippen LogP contribution in [0, 0.1) is 17.0 Å². The highest BCUT2D eigenvalue weighted by molar-refractivity contribution is 7.92. The van der Waals surface area contributed by atoms with Crippen molar-refractivity contribution < 1.29 is 13.3 Å². The molecule has 4 rings (SSSR count). The molecule has 0 aliphatic carbocycles. The highest BCUT2D eigenvalue weighted by atomic mass is 32.2. The molecule has 0 saturated carbocycles. The lowest BCUT2D eigenvalue weighted by atomic mass is 10.1. The Morgan fingerprint density at radius 2 is 1.70 bits per heavy atom. The van der Waals surface area contributed by atoms with E-state index >= 15 is 0 Å². The number of nitro benzene ring substituents is 1. The van der Waals surface area contributed by atoms with Crippen molar-refractivity contribution in [3.8, 4) is 11.3 Å². The second kappa shape index (κ2) is 8.16. The van der Waals surface area contributed by atoms with Crippen LogP contribution in [0.2, 0.25) is 0 Å². The molecule has 7 nitrogen and oxygen atoms in total. The summed E-state index contributed by atoms with van der Waals surface area (Å²) in [4.78, 5) is 17.3. The van der Waals surface area contributed by atoms with Crippen molar-refractivity contribution in [1.29, 1.82) is 0 Å². The van der Waals surface area contributed by atoms with Gasteiger partial charge in [0.25, 0.3) is 5.69 Å². The Balaban J connectivity index is 1.43. The predicted molar refractivity (Wildman–Crippen MR) is 118 cm³/mol. The van der Waals surface area contributed by atoms with E-state index in [4.69, 9.17) is 4.98 Å². The summed E-state index contributed by atoms with van der Waals surface area (Å²) < 4.78 is 25.9. The van der Waals surface area contributed by atoms with Gasteiger partial charge in [0.2, 0.25) is 0 Å². The number of aryl methyl sites for hydroxylation is 1. The van der Waals surface area contributed by atoms with E-state index in [1.54, 1.807) is 11.3 Å². The molecular weight excluding hydrogens is 422 g/mol. The van der Waals surface area contributed by atoms with E-state index in [0.717, 1.165) is 16.4 Å². The van der Waals surface area contributed by atoms with Gasteiger partial charge in [-0.2, -0.15) is 0 Å². The second-order valence-electron chi connectivity index (χ2n) is 7.36. The number of hydrogen-bond acceptors (Lipinski definition) is 7. The highest BCUT2D eigenvalue weighted by Gasteiger charge is 2.32. The van der Waals surface area contributed by atoms with Gasteiger partial charge in [-0.15, -0.1) is 11.3 Å². The van der Waals surface area contributed by atoms with Crippen LogP contribution in [0.1, 0.15) is 18.4 Å². The molecule has 1 aliphatic rings. The predicted octanol–water partition coefficient (Wildman–Crippen LogP) is 4.47. The van der Waals surface area contributed by atoms with Crippen LogP contribution in [0.25, 0.3) is 11.3 Å². The summed E-state index contributed by atoms with van der Waals surface area (Å²) in [5.41, 5.74) is 3.08. The van der Waals surface area contributed by atoms with Gasteiger partial charge in [-0.25, -0.2) is 13.4 Å². The summed E-state index contributed by atoms with van der Waals surface area (Å²) in [7, 11) is -3.52. The van der Waals surface area contributed by atoms with Crippen LogP contribution in [-0.2, 0) is 9.84 Å². The van der Waals surface area contributed by atoms with Gasteiger partial charge in [0.1, 0.15) is 0 Å². The minimum absolute atomic E-state index is 0.114. The molecule has 2 aromatic carbocycles. The monoisotopic (exact) mass is 443 g/mol. The molecule has 30 heavy (non-hydrogen) atoms. The fraction of sp³-hybridized carbons (Fsp3) is 0.286. The van der Waals surface area contributed by atoms with Crippen molar-refractivity contribution in [2.45, 2.75) is 29.9 Å². The van der Waals surface area contributed by atoms with Crippen LogP contribution in [0.15, 0.2) is 58.8 Å². The summed E-state index contributed by atoms with van der Waals surface area (Å²) in [5.74, 6) is 0. The van der Waals surface area contributed by atoms with Gasteiger partial charge < -0.3 is 4.90 Å². The third-order valence-corrected chi connectivity index (χ3v) is 8.55. The first kappa shape index (κ1) is 20.5. The zero-order valence-corrected chi connectivity index (χ0v) is 18.0. The smallest absolute Gasteiger partial charge is 0.269 e. The van der Waals surface area contributed by atoms with Crippen molar-refractivity contribution in [3.05, 3.63) is 69.6 Å². The molecule has 9 heteroatoms. The first-order chi connectivity index (χ1) is 14.3. The van der Waals surface area contributed by atoms with Crippen LogP contribution >= 0.6 is 11.3 Å². The molecule has 0 spiro atoms. The van der Waals surface area contributed by atoms with E-state index in [0.29, 0.717) is 25.9 Å². The van der Waals surface area contributed by atoms with Crippen LogP contribution < -0.4 is 4.90 Å². The molecule has 1 aliphatic heterocycles. The summed E-state index contributed by atoms with van der Waals surface area (Å²) in [5, 5.41) is 13.2. The highest BCUT2D eigenvalue weighted by Crippen LogP contribution is 2.32. The lowest BCUT2D eigenvalue weighted by molar-refractivity contribution is -0.384. The van der Waals surface area contributed by atoms with Crippen molar-refractivity contribution in [2.75, 3.05) is 18.0 Å². The Morgan fingerprint density at radius 1 is 1.07 bits per heavy atom. The van der Waals surface area contributed by atoms with Gasteiger partial charge in [0.05, 0.1) is 20.8 Å². The summed E-state index contributed by atoms with van der Waals surface area (Å²) in [6.07, 6.45) is 0.998. The van der Waals surface area contributed by atoms with E-state index in [1.165, 1.54) is 29.8 Å². The van der Waals surface area contributed by atoms with Gasteiger partial charge in [-0.3, -0.25) is 10.1 Å². The molecule has 1 aromatic heterocycles. The van der Waals surface area contributed by atoms with E-state index in [2.05, 4.69) is 29.2 Å². The van der Waals surface area contributed by atoms with Crippen LogP contribution in [-0.4, -0.2) is 36.7 Å². The van der Waals surface area contributed by atoms with Crippen LogP contribution in [0.4, 0.5) is 10.8 Å². The Morgan fingerprint density at radius 3 is 2.30 bits per heavy atom. The van der Waals surface area contributed by atoms with E-state index in [9.17, 15) is 18.5 Å². The van der Waals surface area contributed by atoms with E-state index in [1.807, 2.05) is 12.3 Å². The summed E-state index contributed by atoms with van der Waals surface area (Å²) in [6, 6.07) is 13.4. The Kier molecular flexibility index (Phi) is 5.57. The van der Waals surface area contributed by atoms with Crippen LogP contribution in [0.5, 0.6) is 0 Å². The number of aromatic nitrogens is 1. The van der Waals surface area contributed by atoms with Crippen molar-refractivity contribution in [3.63, 3.8) is 0 Å². The Bertz CT molecular complexity index is 1150. The van der Waals surface area contributed by atoms with Crippen molar-refractivity contribution in [1.82, 2.24) is 4.98 Å². The zero-order valence-electron chi connectivity index (χ0n) is 16.4. The van der Waals surface area contributed by atoms with Gasteiger partial charge in [0, 0.05) is 36.2 Å². The lowest BCUT2D eigenvalue weighted by Crippen LogP contribution is -2.39. The molecule has 2 heterocycles. The number of non-ortho nitro benzene ring substituents is 1. The lowest BCUT2D eigenvalue weighted by Gasteiger charge is -2.31. The number of sulfone groups is 1. The maximum absolute atomic E-state index is 12.9. The zero-order chi connectivity index (χ0) is 21.3. The Hall–Kier alpha value is -2.78. The quantitative estimate of drug-likeness (QED) is 0.427. The molecular formula is C21H21N3O4S2. The van der Waals surface area contributed by atoms with E-state index in [-0.39, 0.29) is 10.6 Å². The number of benzene rings is 2. The average Bonchev–Trinajstić information content (AvgIpc) is 3.25. The SMILES string of the molecule is Cc1ccc(-c2csc(N3CCC(S(=O)(=O)c4ccc([N+](=O)[O-])cc4)CC3)n2)cc1. The summed E-state index contributed by atoms with van der Waals surface area (Å²) >= 11 is 1.57. The first-order valence-electron chi connectivity index (χ1n) is 9.60. The fourth-order valence-corrected chi connectivity index (χ4v) is 6.19. The topological polar surface area (TPSA) is 93.4 Å². The molecule has 0 bridgehead atoms. The maximum Gasteiger partial charge on any atom is 0.269 e. The number of piperidine rings is 1. The number of thiazole rings is 1. The molecule has 3 aromatic rings. The molecule has 0 radical (unpaired) electrons. The van der Waals surface area contributed by atoms with Crippen molar-refractivity contribution in [2.24, 2.45) is 0 Å². The standard InChI is InChI=1S/C21H21N3O4S2/c1-15-2-4-16(5-3-15)20-14-29-21(22-20)23-12-10-19(11-13-23)30(27,28)18-8-6-17(7-9-18)24(25)26/h2-9,14,19H,10-13H2,1H3. The van der Waals surface area contributed by atoms with Gasteiger partial charge in [-0.1, -0.05) is 29.8 Å². The number of hydrogen-bond donors (Lipinski definition) is 0. The van der Waals surface area contributed by atoms with Gasteiger partial charge in [-0.05, 0) is 31.9 Å². The van der Waals surface area contributed by atoms with Crippen LogP contribution in [0.3, 0.4) is 0 Å². The summed E-state index contributed by atoms with van der Waals surface area (Å²) in [6.45, 7) is 3.26. The van der Waals surface area contributed by atoms with Gasteiger partial charge in [0.15, 0.2) is 15.0 Å². The largest absolute Gasteiger partial charge is 0.348 e. The number of anilines is 1. The minimum Gasteiger partial charge on any atom is -0.348 e. The molecule has 1 saturated heterocycles. The van der Waals surface area contributed by atoms with E-state index < -0.39 is 20.0 Å². The van der Waals surface area contributed by atoms with Gasteiger partial charge >= 0.3 is 0 Å². The molecule has 0 N–H and O–H groups in total. The third kappa shape index (κ3) is 4.08. The average molecular weight is 444 g/mol. The number of nitrogens with zero attached hydrogens (tertiary/aromatic N) is 3. The molecule has 156 valence electrons. The Labute approximate surface area is 179 Å². The fourth-order valence-electron chi connectivity index (χ4n) is 3.57. The van der Waals surface area contributed by atoms with Crippen molar-refractivity contribution >= 4 is 32.0 Å². The third-order valence-electron chi connectivity index (χ3n) is 5.37. The second-order valence-corrected chi connectivity index (χ2v) is 10.4. The molecule has 0 atom stereocenters.